The number of hydrogen-bond donors (Lipinski definition) is 0. The van der Waals surface area contributed by atoms with Crippen LogP contribution in [0.25, 0.3) is 0 Å². The van der Waals surface area contributed by atoms with E-state index in [-0.39, 0.29) is 25.6 Å². The van der Waals surface area contributed by atoms with E-state index < -0.39 is 5.97 Å². The Bertz CT molecular complexity index is 804. The highest BCUT2D eigenvalue weighted by molar-refractivity contribution is 5.83. The maximum Gasteiger partial charge on any atom is 0.325 e. The van der Waals surface area contributed by atoms with Crippen LogP contribution < -0.4 is 9.47 Å². The SMILES string of the molecule is C=CCc1ccc(OCC(=O)N(CC(=O)OC)Cc2ccccc2)c(OC)c1. The summed E-state index contributed by atoms with van der Waals surface area (Å²) in [5, 5.41) is 0. The second-order valence-corrected chi connectivity index (χ2v) is 6.08. The summed E-state index contributed by atoms with van der Waals surface area (Å²) in [6, 6.07) is 14.9. The van der Waals surface area contributed by atoms with Gasteiger partial charge in [-0.25, -0.2) is 0 Å². The monoisotopic (exact) mass is 383 g/mol. The molecule has 2 aromatic carbocycles. The fourth-order valence-electron chi connectivity index (χ4n) is 2.61. The first kappa shape index (κ1) is 21.0. The van der Waals surface area contributed by atoms with Crippen molar-refractivity contribution >= 4 is 11.9 Å². The Morgan fingerprint density at radius 2 is 1.79 bits per heavy atom. The predicted molar refractivity (Wildman–Crippen MR) is 106 cm³/mol. The molecule has 0 fully saturated rings. The molecule has 1 amide bonds. The molecule has 0 unspecified atom stereocenters. The molecule has 28 heavy (non-hydrogen) atoms. The van der Waals surface area contributed by atoms with Crippen LogP contribution in [0.4, 0.5) is 0 Å². The van der Waals surface area contributed by atoms with Crippen molar-refractivity contribution in [3.8, 4) is 11.5 Å². The third kappa shape index (κ3) is 6.16. The third-order valence-electron chi connectivity index (χ3n) is 4.08. The standard InChI is InChI=1S/C22H25NO5/c1-4-8-17-11-12-19(20(13-17)26-2)28-16-21(24)23(15-22(25)27-3)14-18-9-6-5-7-10-18/h4-7,9-13H,1,8,14-16H2,2-3H3. The normalized spacial score (nSPS) is 10.1. The molecule has 0 aromatic heterocycles. The second-order valence-electron chi connectivity index (χ2n) is 6.08. The number of benzene rings is 2. The van der Waals surface area contributed by atoms with Gasteiger partial charge in [-0.15, -0.1) is 6.58 Å². The number of esters is 1. The summed E-state index contributed by atoms with van der Waals surface area (Å²) >= 11 is 0. The van der Waals surface area contributed by atoms with Gasteiger partial charge in [-0.2, -0.15) is 0 Å². The van der Waals surface area contributed by atoms with Crippen molar-refractivity contribution in [2.24, 2.45) is 0 Å². The molecule has 0 N–H and O–H groups in total. The van der Waals surface area contributed by atoms with E-state index in [1.54, 1.807) is 19.3 Å². The molecular weight excluding hydrogens is 358 g/mol. The summed E-state index contributed by atoms with van der Waals surface area (Å²) in [6.45, 7) is 3.63. The van der Waals surface area contributed by atoms with Gasteiger partial charge in [0.25, 0.3) is 5.91 Å². The van der Waals surface area contributed by atoms with Crippen LogP contribution in [0.2, 0.25) is 0 Å². The maximum absolute atomic E-state index is 12.7. The summed E-state index contributed by atoms with van der Waals surface area (Å²) in [4.78, 5) is 25.8. The van der Waals surface area contributed by atoms with Gasteiger partial charge in [0.15, 0.2) is 18.1 Å². The van der Waals surface area contributed by atoms with Gasteiger partial charge in [0, 0.05) is 6.54 Å². The number of allylic oxidation sites excluding steroid dienone is 1. The quantitative estimate of drug-likeness (QED) is 0.466. The molecule has 0 aliphatic heterocycles. The highest BCUT2D eigenvalue weighted by atomic mass is 16.5. The van der Waals surface area contributed by atoms with Crippen LogP contribution in [-0.2, 0) is 27.3 Å². The number of methoxy groups -OCH3 is 2. The Hall–Kier alpha value is -3.28. The second kappa shape index (κ2) is 10.8. The fraction of sp³-hybridized carbons (Fsp3) is 0.273. The first-order chi connectivity index (χ1) is 13.6. The van der Waals surface area contributed by atoms with Gasteiger partial charge in [-0.1, -0.05) is 42.5 Å². The fourth-order valence-corrected chi connectivity index (χ4v) is 2.61. The van der Waals surface area contributed by atoms with Crippen molar-refractivity contribution < 1.29 is 23.8 Å². The number of carbonyl (C=O) groups is 2. The van der Waals surface area contributed by atoms with E-state index in [2.05, 4.69) is 6.58 Å². The van der Waals surface area contributed by atoms with E-state index in [0.29, 0.717) is 17.9 Å². The zero-order chi connectivity index (χ0) is 20.4. The molecule has 2 rings (SSSR count). The van der Waals surface area contributed by atoms with Gasteiger partial charge in [0.1, 0.15) is 6.54 Å². The van der Waals surface area contributed by atoms with Crippen molar-refractivity contribution in [3.05, 3.63) is 72.3 Å². The summed E-state index contributed by atoms with van der Waals surface area (Å²) in [5.41, 5.74) is 1.94. The number of nitrogens with zero attached hydrogens (tertiary/aromatic N) is 1. The average molecular weight is 383 g/mol. The van der Waals surface area contributed by atoms with Crippen LogP contribution in [0.15, 0.2) is 61.2 Å². The lowest BCUT2D eigenvalue weighted by atomic mass is 10.1. The topological polar surface area (TPSA) is 65.1 Å². The van der Waals surface area contributed by atoms with Crippen molar-refractivity contribution in [1.29, 1.82) is 0 Å². The summed E-state index contributed by atoms with van der Waals surface area (Å²) < 4.78 is 15.7. The molecular formula is C22H25NO5. The number of ether oxygens (including phenoxy) is 3. The van der Waals surface area contributed by atoms with Crippen molar-refractivity contribution in [3.63, 3.8) is 0 Å². The van der Waals surface area contributed by atoms with Crippen LogP contribution in [0.3, 0.4) is 0 Å². The van der Waals surface area contributed by atoms with Gasteiger partial charge in [-0.3, -0.25) is 9.59 Å². The molecule has 2 aromatic rings. The molecule has 0 saturated heterocycles. The third-order valence-corrected chi connectivity index (χ3v) is 4.08. The first-order valence-electron chi connectivity index (χ1n) is 8.86. The molecule has 0 radical (unpaired) electrons. The Balaban J connectivity index is 2.08. The number of hydrogen-bond acceptors (Lipinski definition) is 5. The molecule has 0 atom stereocenters. The number of carbonyl (C=O) groups excluding carboxylic acids is 2. The summed E-state index contributed by atoms with van der Waals surface area (Å²) in [7, 11) is 2.83. The highest BCUT2D eigenvalue weighted by Crippen LogP contribution is 2.28. The minimum atomic E-state index is -0.490. The molecule has 6 heteroatoms. The van der Waals surface area contributed by atoms with Gasteiger partial charge >= 0.3 is 5.97 Å². The average Bonchev–Trinajstić information content (AvgIpc) is 2.72. The Morgan fingerprint density at radius 1 is 1.04 bits per heavy atom. The smallest absolute Gasteiger partial charge is 0.325 e. The van der Waals surface area contributed by atoms with E-state index in [4.69, 9.17) is 14.2 Å². The van der Waals surface area contributed by atoms with E-state index in [0.717, 1.165) is 11.1 Å². The predicted octanol–water partition coefficient (Wildman–Crippen LogP) is 3.00. The number of amides is 1. The Kier molecular flexibility index (Phi) is 8.09. The van der Waals surface area contributed by atoms with Crippen LogP contribution in [0.1, 0.15) is 11.1 Å². The molecule has 0 aliphatic rings. The molecule has 0 saturated carbocycles. The lowest BCUT2D eigenvalue weighted by molar-refractivity contribution is -0.148. The number of rotatable bonds is 10. The highest BCUT2D eigenvalue weighted by Gasteiger charge is 2.19. The molecule has 0 bridgehead atoms. The molecule has 0 aliphatic carbocycles. The summed E-state index contributed by atoms with van der Waals surface area (Å²) in [5.74, 6) is 0.179. The van der Waals surface area contributed by atoms with Crippen LogP contribution in [-0.4, -0.2) is 44.1 Å². The van der Waals surface area contributed by atoms with Crippen LogP contribution >= 0.6 is 0 Å². The van der Waals surface area contributed by atoms with Crippen molar-refractivity contribution in [2.75, 3.05) is 27.4 Å². The first-order valence-corrected chi connectivity index (χ1v) is 8.86. The zero-order valence-electron chi connectivity index (χ0n) is 16.2. The van der Waals surface area contributed by atoms with Crippen LogP contribution in [0, 0.1) is 0 Å². The lowest BCUT2D eigenvalue weighted by Crippen LogP contribution is -2.38. The minimum absolute atomic E-state index is 0.150. The van der Waals surface area contributed by atoms with Gasteiger partial charge in [-0.05, 0) is 29.7 Å². The molecule has 0 heterocycles. The van der Waals surface area contributed by atoms with Crippen molar-refractivity contribution in [2.45, 2.75) is 13.0 Å². The Morgan fingerprint density at radius 3 is 2.43 bits per heavy atom. The summed E-state index contributed by atoms with van der Waals surface area (Å²) in [6.07, 6.45) is 2.51. The van der Waals surface area contributed by atoms with E-state index in [9.17, 15) is 9.59 Å². The van der Waals surface area contributed by atoms with E-state index in [1.807, 2.05) is 42.5 Å². The largest absolute Gasteiger partial charge is 0.493 e. The molecule has 6 nitrogen and oxygen atoms in total. The maximum atomic E-state index is 12.7. The van der Waals surface area contributed by atoms with E-state index in [1.165, 1.54) is 12.0 Å². The van der Waals surface area contributed by atoms with Gasteiger partial charge in [0.05, 0.1) is 14.2 Å². The lowest BCUT2D eigenvalue weighted by Gasteiger charge is -2.22. The molecule has 148 valence electrons. The zero-order valence-corrected chi connectivity index (χ0v) is 16.2. The van der Waals surface area contributed by atoms with E-state index >= 15 is 0 Å². The Labute approximate surface area is 165 Å². The van der Waals surface area contributed by atoms with Gasteiger partial charge in [0.2, 0.25) is 0 Å². The molecule has 0 spiro atoms. The minimum Gasteiger partial charge on any atom is -0.493 e. The van der Waals surface area contributed by atoms with Crippen LogP contribution in [0.5, 0.6) is 11.5 Å². The van der Waals surface area contributed by atoms with Gasteiger partial charge < -0.3 is 19.1 Å². The van der Waals surface area contributed by atoms with Crippen molar-refractivity contribution in [1.82, 2.24) is 4.90 Å².